The molecule has 2 aromatic heterocycles. The van der Waals surface area contributed by atoms with E-state index in [2.05, 4.69) is 15.3 Å². The Kier molecular flexibility index (Phi) is 10.7. The van der Waals surface area contributed by atoms with Crippen molar-refractivity contribution in [2.45, 2.75) is 70.4 Å². The molecule has 1 fully saturated rings. The number of pyridine rings is 2. The lowest BCUT2D eigenvalue weighted by atomic mass is 9.93. The highest BCUT2D eigenvalue weighted by Crippen LogP contribution is 2.42. The van der Waals surface area contributed by atoms with Gasteiger partial charge in [0, 0.05) is 37.2 Å². The molecule has 1 amide bonds. The van der Waals surface area contributed by atoms with Crippen molar-refractivity contribution >= 4 is 29.3 Å². The molecule has 16 heteroatoms. The largest absolute Gasteiger partial charge is 0.481 e. The van der Waals surface area contributed by atoms with Gasteiger partial charge in [0.25, 0.3) is 0 Å². The number of ether oxygens (including phenoxy) is 2. The second kappa shape index (κ2) is 14.6. The summed E-state index contributed by atoms with van der Waals surface area (Å²) in [7, 11) is 1.43. The van der Waals surface area contributed by atoms with E-state index in [1.807, 2.05) is 11.8 Å². The number of halogens is 6. The van der Waals surface area contributed by atoms with Crippen LogP contribution in [0.4, 0.5) is 48.3 Å². The minimum Gasteiger partial charge on any atom is -0.481 e. The molecule has 0 radical (unpaired) electrons. The van der Waals surface area contributed by atoms with E-state index in [1.54, 1.807) is 25.1 Å². The molecule has 2 N–H and O–H groups in total. The van der Waals surface area contributed by atoms with E-state index in [1.165, 1.54) is 18.2 Å². The molecule has 3 aromatic rings. The maximum Gasteiger partial charge on any atom is 0.416 e. The highest BCUT2D eigenvalue weighted by molar-refractivity contribution is 5.90. The Morgan fingerprint density at radius 1 is 1.00 bits per heavy atom. The molecule has 2 aliphatic heterocycles. The molecule has 270 valence electrons. The number of aromatic nitrogens is 2. The van der Waals surface area contributed by atoms with Gasteiger partial charge in [-0.2, -0.15) is 26.3 Å². The zero-order valence-electron chi connectivity index (χ0n) is 27.6. The Balaban J connectivity index is 1.58. The van der Waals surface area contributed by atoms with Crippen molar-refractivity contribution < 1.29 is 50.5 Å². The lowest BCUT2D eigenvalue weighted by Crippen LogP contribution is -2.46. The van der Waals surface area contributed by atoms with Crippen LogP contribution in [0.25, 0.3) is 0 Å². The number of benzene rings is 1. The molecule has 0 bridgehead atoms. The lowest BCUT2D eigenvalue weighted by molar-refractivity contribution is -0.144. The van der Waals surface area contributed by atoms with Gasteiger partial charge in [-0.15, -0.1) is 0 Å². The van der Waals surface area contributed by atoms with E-state index in [0.29, 0.717) is 73.5 Å². The van der Waals surface area contributed by atoms with E-state index >= 15 is 0 Å². The van der Waals surface area contributed by atoms with E-state index in [-0.39, 0.29) is 42.4 Å². The first-order chi connectivity index (χ1) is 23.6. The van der Waals surface area contributed by atoms with Gasteiger partial charge < -0.3 is 24.8 Å². The maximum atomic E-state index is 13.8. The van der Waals surface area contributed by atoms with Crippen molar-refractivity contribution in [3.05, 3.63) is 70.5 Å². The van der Waals surface area contributed by atoms with Gasteiger partial charge in [-0.1, -0.05) is 6.92 Å². The van der Waals surface area contributed by atoms with Crippen LogP contribution in [0.1, 0.15) is 73.5 Å². The van der Waals surface area contributed by atoms with Crippen molar-refractivity contribution in [2.24, 2.45) is 5.92 Å². The number of hydrogen-bond acceptors (Lipinski definition) is 8. The van der Waals surface area contributed by atoms with Crippen LogP contribution in [0, 0.1) is 5.92 Å². The molecule has 5 rings (SSSR count). The topological polar surface area (TPSA) is 117 Å². The number of hydrogen-bond donors (Lipinski definition) is 2. The number of carbonyl (C=O) groups is 2. The number of amides is 1. The van der Waals surface area contributed by atoms with Crippen LogP contribution in [0.3, 0.4) is 0 Å². The van der Waals surface area contributed by atoms with Gasteiger partial charge in [-0.25, -0.2) is 14.8 Å². The van der Waals surface area contributed by atoms with Crippen molar-refractivity contribution in [1.29, 1.82) is 0 Å². The number of carboxylic acids is 1. The zero-order chi connectivity index (χ0) is 36.4. The smallest absolute Gasteiger partial charge is 0.416 e. The fourth-order valence-electron chi connectivity index (χ4n) is 6.45. The Hall–Kier alpha value is -4.76. The summed E-state index contributed by atoms with van der Waals surface area (Å²) in [6.07, 6.45) is -7.88. The molecule has 2 aliphatic rings. The molecular formula is C34H37F6N5O5. The standard InChI is InChI=1S/C34H37F6N5O5/c1-4-24-17-26(29-27(6-7-28(43-29)49-3)45(24)32(48)50-5-2)42-30-21(15-25(18-41-30)44-10-8-20(9-11-44)31(46)47)12-19-13-22(33(35,36)37)16-23(14-19)34(38,39)40/h6-7,13-16,18,20,24,26H,4-5,8-12,17H2,1-3H3,(H,41,42)(H,46,47)/t24-,26+/m1/s1. The van der Waals surface area contributed by atoms with E-state index in [4.69, 9.17) is 9.47 Å². The van der Waals surface area contributed by atoms with Crippen LogP contribution in [-0.4, -0.2) is 60.0 Å². The van der Waals surface area contributed by atoms with Gasteiger partial charge in [0.05, 0.1) is 60.1 Å². The molecule has 1 aromatic carbocycles. The number of piperidine rings is 1. The third kappa shape index (κ3) is 7.99. The lowest BCUT2D eigenvalue weighted by Gasteiger charge is -2.39. The second-order valence-electron chi connectivity index (χ2n) is 12.2. The monoisotopic (exact) mass is 709 g/mol. The van der Waals surface area contributed by atoms with Gasteiger partial charge in [0.1, 0.15) is 5.82 Å². The van der Waals surface area contributed by atoms with Crippen LogP contribution < -0.4 is 19.9 Å². The minimum absolute atomic E-state index is 0.0855. The number of nitrogens with zero attached hydrogens (tertiary/aromatic N) is 4. The van der Waals surface area contributed by atoms with Crippen molar-refractivity contribution in [3.8, 4) is 5.88 Å². The summed E-state index contributed by atoms with van der Waals surface area (Å²) >= 11 is 0. The summed E-state index contributed by atoms with van der Waals surface area (Å²) in [5.41, 5.74) is -1.39. The highest BCUT2D eigenvalue weighted by atomic mass is 19.4. The number of fused-ring (bicyclic) bond motifs is 1. The molecule has 4 heterocycles. The number of methoxy groups -OCH3 is 1. The Labute approximate surface area is 284 Å². The van der Waals surface area contributed by atoms with Crippen molar-refractivity contribution in [1.82, 2.24) is 9.97 Å². The van der Waals surface area contributed by atoms with Crippen molar-refractivity contribution in [3.63, 3.8) is 0 Å². The molecule has 0 saturated carbocycles. The molecule has 0 aliphatic carbocycles. The SMILES string of the molecule is CCOC(=O)N1c2ccc(OC)nc2[C@@H](Nc2ncc(N3CCC(C(=O)O)CC3)cc2Cc2cc(C(F)(F)F)cc(C(F)(F)F)c2)C[C@H]1CC. The molecular weight excluding hydrogens is 672 g/mol. The minimum atomic E-state index is -5.03. The van der Waals surface area contributed by atoms with Crippen LogP contribution in [0.5, 0.6) is 5.88 Å². The average Bonchev–Trinajstić information content (AvgIpc) is 3.07. The summed E-state index contributed by atoms with van der Waals surface area (Å²) in [6, 6.07) is 5.42. The van der Waals surface area contributed by atoms with Gasteiger partial charge >= 0.3 is 24.4 Å². The summed E-state index contributed by atoms with van der Waals surface area (Å²) in [6.45, 7) is 4.47. The molecule has 2 atom stereocenters. The molecule has 1 saturated heterocycles. The summed E-state index contributed by atoms with van der Waals surface area (Å²) in [4.78, 5) is 37.2. The summed E-state index contributed by atoms with van der Waals surface area (Å²) in [5.74, 6) is -0.980. The number of carboxylic acid groups (broad SMARTS) is 1. The first kappa shape index (κ1) is 36.5. The number of carbonyl (C=O) groups excluding carboxylic acids is 1. The number of rotatable bonds is 9. The number of nitrogens with one attached hydrogen (secondary N) is 1. The highest BCUT2D eigenvalue weighted by Gasteiger charge is 2.39. The zero-order valence-corrected chi connectivity index (χ0v) is 27.6. The molecule has 0 unspecified atom stereocenters. The predicted molar refractivity (Wildman–Crippen MR) is 171 cm³/mol. The summed E-state index contributed by atoms with van der Waals surface area (Å²) < 4.78 is 93.3. The molecule has 50 heavy (non-hydrogen) atoms. The first-order valence-electron chi connectivity index (χ1n) is 16.1. The second-order valence-corrected chi connectivity index (χ2v) is 12.2. The normalized spacial score (nSPS) is 18.4. The van der Waals surface area contributed by atoms with E-state index in [0.717, 1.165) is 0 Å². The number of aliphatic carboxylic acids is 1. The third-order valence-corrected chi connectivity index (χ3v) is 9.00. The van der Waals surface area contributed by atoms with Gasteiger partial charge in [0.15, 0.2) is 0 Å². The van der Waals surface area contributed by atoms with Gasteiger partial charge in [-0.05, 0) is 68.5 Å². The third-order valence-electron chi connectivity index (χ3n) is 9.00. The molecule has 0 spiro atoms. The number of anilines is 3. The van der Waals surface area contributed by atoms with Crippen LogP contribution in [0.2, 0.25) is 0 Å². The summed E-state index contributed by atoms with van der Waals surface area (Å²) in [5, 5.41) is 12.8. The van der Waals surface area contributed by atoms with Crippen LogP contribution in [0.15, 0.2) is 42.6 Å². The quantitative estimate of drug-likeness (QED) is 0.216. The van der Waals surface area contributed by atoms with Gasteiger partial charge in [-0.3, -0.25) is 9.69 Å². The Morgan fingerprint density at radius 2 is 1.66 bits per heavy atom. The molecule has 10 nitrogen and oxygen atoms in total. The van der Waals surface area contributed by atoms with E-state index < -0.39 is 47.5 Å². The Morgan fingerprint density at radius 3 is 2.22 bits per heavy atom. The fraction of sp³-hybridized carbons (Fsp3) is 0.471. The van der Waals surface area contributed by atoms with Crippen LogP contribution in [-0.2, 0) is 28.3 Å². The van der Waals surface area contributed by atoms with E-state index in [9.17, 15) is 41.0 Å². The number of alkyl halides is 6. The predicted octanol–water partition coefficient (Wildman–Crippen LogP) is 7.71. The van der Waals surface area contributed by atoms with Crippen LogP contribution >= 0.6 is 0 Å². The maximum absolute atomic E-state index is 13.8. The average molecular weight is 710 g/mol. The van der Waals surface area contributed by atoms with Gasteiger partial charge in [0.2, 0.25) is 5.88 Å². The fourth-order valence-corrected chi connectivity index (χ4v) is 6.45. The Bertz CT molecular complexity index is 1680. The van der Waals surface area contributed by atoms with Crippen molar-refractivity contribution in [2.75, 3.05) is 41.9 Å². The first-order valence-corrected chi connectivity index (χ1v) is 16.1.